The molecule has 2 aromatic rings. The van der Waals surface area contributed by atoms with E-state index >= 15 is 0 Å². The zero-order valence-electron chi connectivity index (χ0n) is 13.1. The van der Waals surface area contributed by atoms with E-state index in [4.69, 9.17) is 4.74 Å². The Balaban J connectivity index is 1.81. The van der Waals surface area contributed by atoms with E-state index in [0.29, 0.717) is 23.1 Å². The molecule has 0 bridgehead atoms. The summed E-state index contributed by atoms with van der Waals surface area (Å²) in [5.74, 6) is 0.810. The molecule has 1 unspecified atom stereocenters. The second kappa shape index (κ2) is 5.77. The fourth-order valence-corrected chi connectivity index (χ4v) is 2.86. The lowest BCUT2D eigenvalue weighted by atomic mass is 10.0. The first kappa shape index (κ1) is 14.4. The van der Waals surface area contributed by atoms with Gasteiger partial charge in [-0.25, -0.2) is 4.98 Å². The zero-order valence-corrected chi connectivity index (χ0v) is 13.1. The normalized spacial score (nSPS) is 18.1. The van der Waals surface area contributed by atoms with Crippen molar-refractivity contribution >= 4 is 23.3 Å². The molecule has 2 heterocycles. The van der Waals surface area contributed by atoms with Gasteiger partial charge >= 0.3 is 0 Å². The van der Waals surface area contributed by atoms with Crippen LogP contribution in [0.15, 0.2) is 71.9 Å². The van der Waals surface area contributed by atoms with E-state index in [1.165, 1.54) is 0 Å². The maximum atomic E-state index is 12.6. The molecule has 0 spiro atoms. The largest absolute Gasteiger partial charge is 0.483 e. The van der Waals surface area contributed by atoms with E-state index in [1.807, 2.05) is 53.1 Å². The van der Waals surface area contributed by atoms with Gasteiger partial charge in [0.25, 0.3) is 0 Å². The van der Waals surface area contributed by atoms with E-state index in [1.54, 1.807) is 25.4 Å². The van der Waals surface area contributed by atoms with Gasteiger partial charge in [-0.05, 0) is 6.08 Å². The van der Waals surface area contributed by atoms with Crippen LogP contribution in [0.4, 0.5) is 5.95 Å². The Morgan fingerprint density at radius 2 is 2.00 bits per heavy atom. The van der Waals surface area contributed by atoms with E-state index < -0.39 is 0 Å². The Morgan fingerprint density at radius 1 is 1.17 bits per heavy atom. The first-order chi connectivity index (χ1) is 11.8. The molecule has 1 atom stereocenters. The van der Waals surface area contributed by atoms with Crippen molar-refractivity contribution in [3.63, 3.8) is 0 Å². The van der Waals surface area contributed by atoms with Crippen LogP contribution in [-0.4, -0.2) is 28.3 Å². The predicted octanol–water partition coefficient (Wildman–Crippen LogP) is 3.39. The summed E-state index contributed by atoms with van der Waals surface area (Å²) in [5, 5.41) is 0. The van der Waals surface area contributed by atoms with Crippen LogP contribution in [0.1, 0.15) is 16.1 Å². The van der Waals surface area contributed by atoms with Gasteiger partial charge in [0.15, 0.2) is 0 Å². The van der Waals surface area contributed by atoms with Gasteiger partial charge in [-0.1, -0.05) is 54.6 Å². The van der Waals surface area contributed by atoms with Crippen LogP contribution in [-0.2, 0) is 4.74 Å². The average Bonchev–Trinajstić information content (AvgIpc) is 2.90. The minimum Gasteiger partial charge on any atom is -0.483 e. The third kappa shape index (κ3) is 2.31. The Labute approximate surface area is 139 Å². The number of imidazole rings is 1. The van der Waals surface area contributed by atoms with Crippen LogP contribution in [0.3, 0.4) is 0 Å². The highest BCUT2D eigenvalue weighted by molar-refractivity contribution is 6.08. The number of methoxy groups -OCH3 is 1. The van der Waals surface area contributed by atoms with Crippen molar-refractivity contribution in [1.29, 1.82) is 0 Å². The summed E-state index contributed by atoms with van der Waals surface area (Å²) < 4.78 is 7.27. The summed E-state index contributed by atoms with van der Waals surface area (Å²) in [5.41, 5.74) is 1.94. The lowest BCUT2D eigenvalue weighted by Gasteiger charge is -2.23. The van der Waals surface area contributed by atoms with E-state index in [9.17, 15) is 4.79 Å². The highest BCUT2D eigenvalue weighted by Crippen LogP contribution is 2.33. The maximum absolute atomic E-state index is 12.6. The molecule has 0 N–H and O–H groups in total. The summed E-state index contributed by atoms with van der Waals surface area (Å²) in [6.07, 6.45) is 11.6. The van der Waals surface area contributed by atoms with Gasteiger partial charge < -0.3 is 4.74 Å². The van der Waals surface area contributed by atoms with Gasteiger partial charge in [0, 0.05) is 17.5 Å². The standard InChI is InChI=1S/C19H15N3O2/c1-24-18-14-10-6-3-7-11-16(14)22-12-15(20-19(22)21-18)17(23)13-8-4-2-5-9-13/h2-12,14H,1H3. The molecular weight excluding hydrogens is 302 g/mol. The van der Waals surface area contributed by atoms with Crippen molar-refractivity contribution in [1.82, 2.24) is 9.55 Å². The van der Waals surface area contributed by atoms with Crippen molar-refractivity contribution in [2.24, 2.45) is 10.9 Å². The molecule has 1 aliphatic carbocycles. The van der Waals surface area contributed by atoms with Gasteiger partial charge in [-0.15, -0.1) is 0 Å². The molecule has 5 nitrogen and oxygen atoms in total. The average molecular weight is 317 g/mol. The predicted molar refractivity (Wildman–Crippen MR) is 92.2 cm³/mol. The van der Waals surface area contributed by atoms with Gasteiger partial charge in [0.05, 0.1) is 13.0 Å². The number of hydrogen-bond donors (Lipinski definition) is 0. The number of ketones is 1. The SMILES string of the molecule is COC1=Nc2nc(C(=O)c3ccccc3)cn2C2=CC=CC=CC21. The number of nitrogens with zero attached hydrogens (tertiary/aromatic N) is 3. The van der Waals surface area contributed by atoms with Crippen LogP contribution >= 0.6 is 0 Å². The Kier molecular flexibility index (Phi) is 3.46. The van der Waals surface area contributed by atoms with Crippen molar-refractivity contribution in [2.75, 3.05) is 7.11 Å². The molecule has 0 saturated carbocycles. The number of aromatic nitrogens is 2. The summed E-state index contributed by atoms with van der Waals surface area (Å²) in [4.78, 5) is 21.5. The molecule has 4 rings (SSSR count). The van der Waals surface area contributed by atoms with Crippen LogP contribution in [0.25, 0.3) is 5.70 Å². The number of allylic oxidation sites excluding steroid dienone is 4. The van der Waals surface area contributed by atoms with Gasteiger partial charge in [-0.2, -0.15) is 4.99 Å². The smallest absolute Gasteiger partial charge is 0.237 e. The molecule has 2 aliphatic rings. The van der Waals surface area contributed by atoms with Crippen molar-refractivity contribution in [3.8, 4) is 0 Å². The summed E-state index contributed by atoms with van der Waals surface area (Å²) >= 11 is 0. The topological polar surface area (TPSA) is 56.5 Å². The molecule has 0 fully saturated rings. The van der Waals surface area contributed by atoms with Crippen molar-refractivity contribution in [3.05, 3.63) is 78.2 Å². The number of rotatable bonds is 2. The maximum Gasteiger partial charge on any atom is 0.237 e. The fraction of sp³-hybridized carbons (Fsp3) is 0.105. The summed E-state index contributed by atoms with van der Waals surface area (Å²) in [6, 6.07) is 9.12. The summed E-state index contributed by atoms with van der Waals surface area (Å²) in [6.45, 7) is 0. The first-order valence-corrected chi connectivity index (χ1v) is 7.65. The molecule has 1 aromatic carbocycles. The van der Waals surface area contributed by atoms with Gasteiger partial charge in [0.2, 0.25) is 17.6 Å². The Hall–Kier alpha value is -3.21. The highest BCUT2D eigenvalue weighted by atomic mass is 16.5. The number of benzene rings is 1. The molecule has 24 heavy (non-hydrogen) atoms. The van der Waals surface area contributed by atoms with Crippen LogP contribution in [0, 0.1) is 5.92 Å². The molecule has 1 aromatic heterocycles. The van der Waals surface area contributed by atoms with E-state index in [-0.39, 0.29) is 11.7 Å². The van der Waals surface area contributed by atoms with E-state index in [0.717, 1.165) is 5.70 Å². The number of ether oxygens (including phenoxy) is 1. The second-order valence-corrected chi connectivity index (χ2v) is 5.48. The third-order valence-electron chi connectivity index (χ3n) is 4.03. The molecule has 0 saturated heterocycles. The van der Waals surface area contributed by atoms with Gasteiger partial charge in [0.1, 0.15) is 5.69 Å². The third-order valence-corrected chi connectivity index (χ3v) is 4.03. The monoisotopic (exact) mass is 317 g/mol. The van der Waals surface area contributed by atoms with Gasteiger partial charge in [-0.3, -0.25) is 9.36 Å². The van der Waals surface area contributed by atoms with E-state index in [2.05, 4.69) is 9.98 Å². The summed E-state index contributed by atoms with van der Waals surface area (Å²) in [7, 11) is 1.59. The quantitative estimate of drug-likeness (QED) is 0.798. The van der Waals surface area contributed by atoms with Crippen molar-refractivity contribution in [2.45, 2.75) is 0 Å². The minimum absolute atomic E-state index is 0.0913. The first-order valence-electron chi connectivity index (χ1n) is 7.65. The number of carbonyl (C=O) groups excluding carboxylic acids is 1. The Morgan fingerprint density at radius 3 is 2.79 bits per heavy atom. The minimum atomic E-state index is -0.122. The fourth-order valence-electron chi connectivity index (χ4n) is 2.86. The molecular formula is C19H15N3O2. The Bertz CT molecular complexity index is 917. The number of hydrogen-bond acceptors (Lipinski definition) is 4. The lowest BCUT2D eigenvalue weighted by Crippen LogP contribution is -2.22. The molecule has 0 amide bonds. The van der Waals surface area contributed by atoms with Crippen LogP contribution in [0.5, 0.6) is 0 Å². The van der Waals surface area contributed by atoms with Crippen LogP contribution in [0.2, 0.25) is 0 Å². The number of aliphatic imine (C=N–C) groups is 1. The number of fused-ring (bicyclic) bond motifs is 3. The number of carbonyl (C=O) groups is 1. The van der Waals surface area contributed by atoms with Crippen molar-refractivity contribution < 1.29 is 9.53 Å². The molecule has 5 heteroatoms. The van der Waals surface area contributed by atoms with Crippen LogP contribution < -0.4 is 0 Å². The molecule has 118 valence electrons. The highest BCUT2D eigenvalue weighted by Gasteiger charge is 2.29. The second-order valence-electron chi connectivity index (χ2n) is 5.48. The zero-order chi connectivity index (χ0) is 16.5. The molecule has 0 radical (unpaired) electrons. The lowest BCUT2D eigenvalue weighted by molar-refractivity contribution is 0.103. The molecule has 1 aliphatic heterocycles.